The normalized spacial score (nSPS) is 14.9. The zero-order valence-electron chi connectivity index (χ0n) is 16.7. The van der Waals surface area contributed by atoms with E-state index in [-0.39, 0.29) is 17.8 Å². The number of ketones is 1. The molecule has 0 fully saturated rings. The van der Waals surface area contributed by atoms with E-state index >= 15 is 0 Å². The highest BCUT2D eigenvalue weighted by Crippen LogP contribution is 2.34. The summed E-state index contributed by atoms with van der Waals surface area (Å²) in [5.41, 5.74) is 4.43. The average Bonchev–Trinajstić information content (AvgIpc) is 3.19. The summed E-state index contributed by atoms with van der Waals surface area (Å²) in [5, 5.41) is 2.88. The Balaban J connectivity index is 1.39. The topological polar surface area (TPSA) is 68.3 Å². The summed E-state index contributed by atoms with van der Waals surface area (Å²) in [4.78, 5) is 28.2. The van der Waals surface area contributed by atoms with Crippen LogP contribution in [-0.2, 0) is 11.2 Å². The van der Waals surface area contributed by atoms with Gasteiger partial charge in [-0.1, -0.05) is 36.4 Å². The minimum absolute atomic E-state index is 0.0432. The number of aromatic nitrogens is 1. The monoisotopic (exact) mass is 398 g/mol. The van der Waals surface area contributed by atoms with Crippen LogP contribution < -0.4 is 10.1 Å². The van der Waals surface area contributed by atoms with Crippen molar-refractivity contribution >= 4 is 17.8 Å². The summed E-state index contributed by atoms with van der Waals surface area (Å²) >= 11 is 0. The van der Waals surface area contributed by atoms with Crippen LogP contribution in [0.3, 0.4) is 0 Å². The van der Waals surface area contributed by atoms with Crippen molar-refractivity contribution in [1.29, 1.82) is 0 Å². The van der Waals surface area contributed by atoms with Crippen molar-refractivity contribution in [1.82, 2.24) is 10.3 Å². The number of Topliss-reactive ketones (excluding diaryl/α,β-unsaturated/α-hetero) is 1. The van der Waals surface area contributed by atoms with Gasteiger partial charge in [-0.15, -0.1) is 0 Å². The van der Waals surface area contributed by atoms with Crippen LogP contribution in [0, 0.1) is 0 Å². The maximum atomic E-state index is 12.1. The van der Waals surface area contributed by atoms with Crippen LogP contribution in [0.2, 0.25) is 0 Å². The molecule has 150 valence electrons. The van der Waals surface area contributed by atoms with Gasteiger partial charge in [-0.25, -0.2) is 0 Å². The minimum Gasteiger partial charge on any atom is -0.488 e. The van der Waals surface area contributed by atoms with E-state index in [1.165, 1.54) is 6.08 Å². The van der Waals surface area contributed by atoms with Crippen LogP contribution in [0.4, 0.5) is 0 Å². The molecule has 3 aromatic rings. The number of hydrogen-bond acceptors (Lipinski definition) is 4. The second-order valence-electron chi connectivity index (χ2n) is 7.20. The van der Waals surface area contributed by atoms with Crippen molar-refractivity contribution in [2.45, 2.75) is 19.4 Å². The number of pyridine rings is 1. The number of nitrogens with zero attached hydrogens (tertiary/aromatic N) is 1. The first kappa shape index (κ1) is 19.6. The molecule has 0 radical (unpaired) electrons. The molecule has 30 heavy (non-hydrogen) atoms. The number of benzene rings is 2. The van der Waals surface area contributed by atoms with Crippen LogP contribution in [-0.4, -0.2) is 29.3 Å². The summed E-state index contributed by atoms with van der Waals surface area (Å²) in [7, 11) is 0. The Hall–Kier alpha value is -3.73. The molecule has 0 bridgehead atoms. The van der Waals surface area contributed by atoms with Gasteiger partial charge in [0.05, 0.1) is 12.2 Å². The van der Waals surface area contributed by atoms with E-state index in [0.717, 1.165) is 28.1 Å². The second-order valence-corrected chi connectivity index (χ2v) is 7.20. The predicted octanol–water partition coefficient (Wildman–Crippen LogP) is 4.08. The number of carbonyl (C=O) groups excluding carboxylic acids is 2. The number of rotatable bonds is 6. The molecule has 5 heteroatoms. The Morgan fingerprint density at radius 1 is 1.13 bits per heavy atom. The van der Waals surface area contributed by atoms with Gasteiger partial charge in [-0.3, -0.25) is 14.6 Å². The van der Waals surface area contributed by atoms with Gasteiger partial charge < -0.3 is 10.1 Å². The molecule has 1 N–H and O–H groups in total. The fourth-order valence-electron chi connectivity index (χ4n) is 3.55. The first-order valence-electron chi connectivity index (χ1n) is 9.87. The average molecular weight is 398 g/mol. The lowest BCUT2D eigenvalue weighted by molar-refractivity contribution is -0.116. The Kier molecular flexibility index (Phi) is 5.70. The number of hydrogen-bond donors (Lipinski definition) is 1. The van der Waals surface area contributed by atoms with E-state index in [4.69, 9.17) is 4.74 Å². The molecule has 1 aliphatic heterocycles. The SMILES string of the molecule is CC(=O)c1ccccc1-c1ccc2c(c1)CC(CNC(=O)C=Cc1ccccn1)O2. The third kappa shape index (κ3) is 4.46. The van der Waals surface area contributed by atoms with Gasteiger partial charge in [0, 0.05) is 24.3 Å². The van der Waals surface area contributed by atoms with E-state index in [2.05, 4.69) is 16.4 Å². The highest BCUT2D eigenvalue weighted by molar-refractivity contribution is 6.00. The molecule has 0 saturated carbocycles. The highest BCUT2D eigenvalue weighted by Gasteiger charge is 2.24. The number of amides is 1. The number of carbonyl (C=O) groups is 2. The van der Waals surface area contributed by atoms with Crippen molar-refractivity contribution in [2.24, 2.45) is 0 Å². The lowest BCUT2D eigenvalue weighted by Gasteiger charge is -2.10. The molecule has 0 saturated heterocycles. The smallest absolute Gasteiger partial charge is 0.244 e. The van der Waals surface area contributed by atoms with Crippen molar-refractivity contribution in [3.8, 4) is 16.9 Å². The molecular formula is C25H22N2O3. The van der Waals surface area contributed by atoms with Crippen molar-refractivity contribution in [3.05, 3.63) is 89.8 Å². The number of nitrogens with one attached hydrogen (secondary N) is 1. The third-order valence-electron chi connectivity index (χ3n) is 5.02. The Labute approximate surface area is 175 Å². The predicted molar refractivity (Wildman–Crippen MR) is 116 cm³/mol. The first-order chi connectivity index (χ1) is 14.6. The van der Waals surface area contributed by atoms with Gasteiger partial charge in [-0.05, 0) is 54.0 Å². The second kappa shape index (κ2) is 8.74. The zero-order chi connectivity index (χ0) is 20.9. The Morgan fingerprint density at radius 3 is 2.77 bits per heavy atom. The van der Waals surface area contributed by atoms with Crippen molar-refractivity contribution in [2.75, 3.05) is 6.54 Å². The molecule has 0 spiro atoms. The molecule has 2 heterocycles. The zero-order valence-corrected chi connectivity index (χ0v) is 16.7. The van der Waals surface area contributed by atoms with Gasteiger partial charge in [0.25, 0.3) is 0 Å². The Morgan fingerprint density at radius 2 is 1.97 bits per heavy atom. The fraction of sp³-hybridized carbons (Fsp3) is 0.160. The molecule has 1 amide bonds. The molecule has 1 unspecified atom stereocenters. The summed E-state index contributed by atoms with van der Waals surface area (Å²) in [6.07, 6.45) is 5.42. The molecule has 1 aliphatic rings. The van der Waals surface area contributed by atoms with Gasteiger partial charge in [0.2, 0.25) is 5.91 Å². The minimum atomic E-state index is -0.184. The fourth-order valence-corrected chi connectivity index (χ4v) is 3.55. The van der Waals surface area contributed by atoms with Gasteiger partial charge in [-0.2, -0.15) is 0 Å². The summed E-state index contributed by atoms with van der Waals surface area (Å²) in [6, 6.07) is 19.1. The van der Waals surface area contributed by atoms with E-state index in [1.54, 1.807) is 19.2 Å². The molecule has 1 atom stereocenters. The molecule has 1 aromatic heterocycles. The lowest BCUT2D eigenvalue weighted by atomic mass is 9.95. The van der Waals surface area contributed by atoms with E-state index < -0.39 is 0 Å². The molecule has 4 rings (SSSR count). The maximum Gasteiger partial charge on any atom is 0.244 e. The Bertz CT molecular complexity index is 1110. The highest BCUT2D eigenvalue weighted by atomic mass is 16.5. The number of fused-ring (bicyclic) bond motifs is 1. The van der Waals surface area contributed by atoms with Crippen molar-refractivity contribution < 1.29 is 14.3 Å². The van der Waals surface area contributed by atoms with Crippen LogP contribution in [0.5, 0.6) is 5.75 Å². The first-order valence-corrected chi connectivity index (χ1v) is 9.87. The molecule has 0 aliphatic carbocycles. The largest absolute Gasteiger partial charge is 0.488 e. The number of ether oxygens (including phenoxy) is 1. The summed E-state index contributed by atoms with van der Waals surface area (Å²) in [5.74, 6) is 0.681. The lowest BCUT2D eigenvalue weighted by Crippen LogP contribution is -2.33. The van der Waals surface area contributed by atoms with E-state index in [1.807, 2.05) is 54.6 Å². The van der Waals surface area contributed by atoms with E-state index in [0.29, 0.717) is 18.5 Å². The summed E-state index contributed by atoms with van der Waals surface area (Å²) in [6.45, 7) is 2.00. The van der Waals surface area contributed by atoms with Crippen molar-refractivity contribution in [3.63, 3.8) is 0 Å². The van der Waals surface area contributed by atoms with Crippen LogP contribution in [0.1, 0.15) is 28.5 Å². The van der Waals surface area contributed by atoms with Crippen LogP contribution in [0.15, 0.2) is 72.9 Å². The molecule has 5 nitrogen and oxygen atoms in total. The van der Waals surface area contributed by atoms with Gasteiger partial charge in [0.15, 0.2) is 5.78 Å². The van der Waals surface area contributed by atoms with Crippen LogP contribution >= 0.6 is 0 Å². The van der Waals surface area contributed by atoms with Gasteiger partial charge in [0.1, 0.15) is 11.9 Å². The van der Waals surface area contributed by atoms with Crippen LogP contribution in [0.25, 0.3) is 17.2 Å². The molecular weight excluding hydrogens is 376 g/mol. The maximum absolute atomic E-state index is 12.1. The quantitative estimate of drug-likeness (QED) is 0.502. The standard InChI is InChI=1S/C25H22N2O3/c1-17(28)22-7-2-3-8-23(22)18-9-11-24-19(14-18)15-21(30-24)16-27-25(29)12-10-20-6-4-5-13-26-20/h2-14,21H,15-16H2,1H3,(H,27,29). The molecule has 2 aromatic carbocycles. The summed E-state index contributed by atoms with van der Waals surface area (Å²) < 4.78 is 5.97. The van der Waals surface area contributed by atoms with E-state index in [9.17, 15) is 9.59 Å². The third-order valence-corrected chi connectivity index (χ3v) is 5.02. The van der Waals surface area contributed by atoms with Gasteiger partial charge >= 0.3 is 0 Å².